The minimum atomic E-state index is -1.73. The predicted molar refractivity (Wildman–Crippen MR) is 72.0 cm³/mol. The third-order valence-corrected chi connectivity index (χ3v) is 4.06. The second-order valence-electron chi connectivity index (χ2n) is 4.10. The van der Waals surface area contributed by atoms with E-state index in [9.17, 15) is 13.0 Å². The zero-order valence-electron chi connectivity index (χ0n) is 10.3. The van der Waals surface area contributed by atoms with E-state index in [0.29, 0.717) is 0 Å². The van der Waals surface area contributed by atoms with Crippen LogP contribution in [0.4, 0.5) is 14.5 Å². The van der Waals surface area contributed by atoms with Gasteiger partial charge in [0.15, 0.2) is 0 Å². The van der Waals surface area contributed by atoms with Gasteiger partial charge >= 0.3 is 0 Å². The van der Waals surface area contributed by atoms with Crippen molar-refractivity contribution in [3.8, 4) is 6.07 Å². The zero-order chi connectivity index (χ0) is 14.7. The molecule has 2 rings (SSSR count). The summed E-state index contributed by atoms with van der Waals surface area (Å²) in [4.78, 5) is -0.0250. The second kappa shape index (κ2) is 5.80. The number of nitrogens with zero attached hydrogens (tertiary/aromatic N) is 1. The van der Waals surface area contributed by atoms with Gasteiger partial charge in [-0.15, -0.1) is 0 Å². The van der Waals surface area contributed by atoms with Gasteiger partial charge < -0.3 is 5.73 Å². The Balaban J connectivity index is 2.26. The minimum Gasteiger partial charge on any atom is -0.399 e. The lowest BCUT2D eigenvalue weighted by molar-refractivity contribution is 0.594. The maximum Gasteiger partial charge on any atom is 0.141 e. The highest BCUT2D eigenvalue weighted by Gasteiger charge is 2.13. The highest BCUT2D eigenvalue weighted by Crippen LogP contribution is 2.20. The molecule has 2 aromatic carbocycles. The summed E-state index contributed by atoms with van der Waals surface area (Å²) in [6.07, 6.45) is 0. The summed E-state index contributed by atoms with van der Waals surface area (Å²) in [6, 6.07) is 9.50. The summed E-state index contributed by atoms with van der Waals surface area (Å²) < 4.78 is 39.3. The number of hydrogen-bond acceptors (Lipinski definition) is 3. The SMILES string of the molecule is N#Cc1ccc(CS(=O)c2ccc(N)cc2F)c(F)c1. The molecule has 0 aliphatic rings. The van der Waals surface area contributed by atoms with Gasteiger partial charge in [0.05, 0.1) is 33.1 Å². The van der Waals surface area contributed by atoms with Crippen molar-refractivity contribution in [1.82, 2.24) is 0 Å². The van der Waals surface area contributed by atoms with E-state index in [-0.39, 0.29) is 27.5 Å². The van der Waals surface area contributed by atoms with Crippen LogP contribution in [0, 0.1) is 23.0 Å². The average Bonchev–Trinajstić information content (AvgIpc) is 2.40. The van der Waals surface area contributed by atoms with Gasteiger partial charge in [0.2, 0.25) is 0 Å². The number of nitrogen functional groups attached to an aromatic ring is 1. The molecule has 0 amide bonds. The van der Waals surface area contributed by atoms with Gasteiger partial charge in [-0.25, -0.2) is 8.78 Å². The topological polar surface area (TPSA) is 66.9 Å². The standard InChI is InChI=1S/C14H10F2N2OS/c15-12-5-9(7-17)1-2-10(12)8-20(19)14-4-3-11(18)6-13(14)16/h1-6H,8,18H2. The van der Waals surface area contributed by atoms with Crippen LogP contribution in [0.3, 0.4) is 0 Å². The van der Waals surface area contributed by atoms with E-state index < -0.39 is 22.4 Å². The Morgan fingerprint density at radius 2 is 1.90 bits per heavy atom. The summed E-state index contributed by atoms with van der Waals surface area (Å²) in [6.45, 7) is 0. The van der Waals surface area contributed by atoms with Crippen molar-refractivity contribution in [3.63, 3.8) is 0 Å². The Morgan fingerprint density at radius 3 is 2.50 bits per heavy atom. The van der Waals surface area contributed by atoms with Crippen LogP contribution in [0.15, 0.2) is 41.3 Å². The molecule has 2 aromatic rings. The van der Waals surface area contributed by atoms with Crippen LogP contribution in [-0.2, 0) is 16.6 Å². The molecule has 0 fully saturated rings. The molecule has 0 saturated heterocycles. The van der Waals surface area contributed by atoms with E-state index >= 15 is 0 Å². The van der Waals surface area contributed by atoms with Gasteiger partial charge in [0.1, 0.15) is 11.6 Å². The van der Waals surface area contributed by atoms with Gasteiger partial charge in [-0.1, -0.05) is 6.07 Å². The Bertz CT molecular complexity index is 726. The first-order chi connectivity index (χ1) is 9.51. The fourth-order valence-electron chi connectivity index (χ4n) is 1.65. The van der Waals surface area contributed by atoms with Crippen molar-refractivity contribution in [1.29, 1.82) is 5.26 Å². The third-order valence-electron chi connectivity index (χ3n) is 2.67. The lowest BCUT2D eigenvalue weighted by Crippen LogP contribution is -2.02. The van der Waals surface area contributed by atoms with Crippen molar-refractivity contribution in [2.45, 2.75) is 10.6 Å². The molecule has 1 unspecified atom stereocenters. The molecule has 1 atom stereocenters. The second-order valence-corrected chi connectivity index (χ2v) is 5.52. The van der Waals surface area contributed by atoms with Crippen molar-refractivity contribution >= 4 is 16.5 Å². The molecule has 2 N–H and O–H groups in total. The molecule has 0 spiro atoms. The quantitative estimate of drug-likeness (QED) is 0.884. The maximum atomic E-state index is 13.7. The zero-order valence-corrected chi connectivity index (χ0v) is 11.1. The number of nitrogens with two attached hydrogens (primary N) is 1. The van der Waals surface area contributed by atoms with Crippen LogP contribution < -0.4 is 5.73 Å². The third kappa shape index (κ3) is 3.00. The van der Waals surface area contributed by atoms with E-state index in [1.165, 1.54) is 24.3 Å². The fourth-order valence-corrected chi connectivity index (χ4v) is 2.82. The minimum absolute atomic E-state index is 0.0250. The summed E-state index contributed by atoms with van der Waals surface area (Å²) in [5.41, 5.74) is 5.98. The molecular formula is C14H10F2N2OS. The molecule has 102 valence electrons. The van der Waals surface area contributed by atoms with E-state index in [0.717, 1.165) is 12.1 Å². The van der Waals surface area contributed by atoms with E-state index in [1.807, 2.05) is 0 Å². The number of benzene rings is 2. The number of halogens is 2. The number of nitriles is 1. The molecule has 20 heavy (non-hydrogen) atoms. The summed E-state index contributed by atoms with van der Waals surface area (Å²) in [7, 11) is -1.73. The molecule has 0 aromatic heterocycles. The lowest BCUT2D eigenvalue weighted by Gasteiger charge is -2.06. The van der Waals surface area contributed by atoms with Crippen LogP contribution in [-0.4, -0.2) is 4.21 Å². The van der Waals surface area contributed by atoms with E-state index in [2.05, 4.69) is 0 Å². The normalized spacial score (nSPS) is 11.8. The van der Waals surface area contributed by atoms with E-state index in [4.69, 9.17) is 11.0 Å². The van der Waals surface area contributed by atoms with Crippen LogP contribution in [0.25, 0.3) is 0 Å². The smallest absolute Gasteiger partial charge is 0.141 e. The largest absolute Gasteiger partial charge is 0.399 e. The maximum absolute atomic E-state index is 13.7. The Morgan fingerprint density at radius 1 is 1.15 bits per heavy atom. The molecule has 6 heteroatoms. The van der Waals surface area contributed by atoms with Gasteiger partial charge in [-0.3, -0.25) is 4.21 Å². The first-order valence-corrected chi connectivity index (χ1v) is 6.95. The van der Waals surface area contributed by atoms with Gasteiger partial charge in [0.25, 0.3) is 0 Å². The van der Waals surface area contributed by atoms with Crippen LogP contribution in [0.1, 0.15) is 11.1 Å². The highest BCUT2D eigenvalue weighted by atomic mass is 32.2. The molecule has 0 radical (unpaired) electrons. The van der Waals surface area contributed by atoms with Crippen LogP contribution in [0.2, 0.25) is 0 Å². The Labute approximate surface area is 117 Å². The summed E-state index contributed by atoms with van der Waals surface area (Å²) in [5.74, 6) is -1.48. The molecule has 0 saturated carbocycles. The van der Waals surface area contributed by atoms with Crippen LogP contribution >= 0.6 is 0 Å². The van der Waals surface area contributed by atoms with Crippen molar-refractivity contribution in [3.05, 3.63) is 59.2 Å². The van der Waals surface area contributed by atoms with Crippen LogP contribution in [0.5, 0.6) is 0 Å². The van der Waals surface area contributed by atoms with Gasteiger partial charge in [-0.05, 0) is 30.3 Å². The highest BCUT2D eigenvalue weighted by molar-refractivity contribution is 7.84. The van der Waals surface area contributed by atoms with Gasteiger partial charge in [-0.2, -0.15) is 5.26 Å². The molecular weight excluding hydrogens is 282 g/mol. The monoisotopic (exact) mass is 292 g/mol. The lowest BCUT2D eigenvalue weighted by atomic mass is 10.1. The molecule has 0 bridgehead atoms. The predicted octanol–water partition coefficient (Wildman–Crippen LogP) is 2.73. The van der Waals surface area contributed by atoms with Crippen molar-refractivity contribution in [2.75, 3.05) is 5.73 Å². The number of hydrogen-bond donors (Lipinski definition) is 1. The summed E-state index contributed by atoms with van der Waals surface area (Å²) in [5, 5.41) is 8.64. The molecule has 0 aliphatic heterocycles. The number of rotatable bonds is 3. The molecule has 0 aliphatic carbocycles. The van der Waals surface area contributed by atoms with Crippen molar-refractivity contribution in [2.24, 2.45) is 0 Å². The first kappa shape index (κ1) is 14.2. The molecule has 0 heterocycles. The van der Waals surface area contributed by atoms with E-state index in [1.54, 1.807) is 6.07 Å². The Kier molecular flexibility index (Phi) is 4.11. The Hall–Kier alpha value is -2.26. The first-order valence-electron chi connectivity index (χ1n) is 5.63. The molecule has 3 nitrogen and oxygen atoms in total. The van der Waals surface area contributed by atoms with Gasteiger partial charge in [0, 0.05) is 11.3 Å². The average molecular weight is 292 g/mol. The fraction of sp³-hybridized carbons (Fsp3) is 0.0714. The van der Waals surface area contributed by atoms with Crippen molar-refractivity contribution < 1.29 is 13.0 Å². The number of anilines is 1. The summed E-state index contributed by atoms with van der Waals surface area (Å²) >= 11 is 0.